The van der Waals surface area contributed by atoms with E-state index in [1.54, 1.807) is 0 Å². The molecule has 1 amide bonds. The number of rotatable bonds is 0. The van der Waals surface area contributed by atoms with E-state index in [-0.39, 0.29) is 11.9 Å². The number of carbonyl (C=O) groups is 1. The van der Waals surface area contributed by atoms with Gasteiger partial charge in [-0.25, -0.2) is 0 Å². The number of hydrogen-bond acceptors (Lipinski definition) is 2. The Morgan fingerprint density at radius 3 is 3.13 bits per heavy atom. The molecule has 0 spiro atoms. The number of carbonyl (C=O) groups excluding carboxylic acids is 1. The van der Waals surface area contributed by atoms with Crippen LogP contribution in [0.25, 0.3) is 0 Å². The maximum Gasteiger partial charge on any atom is 0.254 e. The van der Waals surface area contributed by atoms with E-state index in [1.165, 1.54) is 5.56 Å². The molecular weight excluding hydrogens is 188 g/mol. The summed E-state index contributed by atoms with van der Waals surface area (Å²) in [5.74, 6) is 0.208. The zero-order valence-corrected chi connectivity index (χ0v) is 8.57. The molecule has 0 aliphatic carbocycles. The molecule has 2 heterocycles. The van der Waals surface area contributed by atoms with E-state index in [4.69, 9.17) is 0 Å². The minimum absolute atomic E-state index is 0.208. The number of nitrogens with one attached hydrogen (secondary N) is 1. The first-order chi connectivity index (χ1) is 7.38. The molecule has 1 N–H and O–H groups in total. The summed E-state index contributed by atoms with van der Waals surface area (Å²) in [6.45, 7) is 2.79. The van der Waals surface area contributed by atoms with Gasteiger partial charge in [-0.1, -0.05) is 18.2 Å². The van der Waals surface area contributed by atoms with Gasteiger partial charge in [0.1, 0.15) is 0 Å². The van der Waals surface area contributed by atoms with Crippen LogP contribution in [-0.4, -0.2) is 30.4 Å². The SMILES string of the molecule is O=C1c2ccccc2C2CNCCCN12. The van der Waals surface area contributed by atoms with Gasteiger partial charge in [-0.15, -0.1) is 0 Å². The maximum atomic E-state index is 12.1. The lowest BCUT2D eigenvalue weighted by Crippen LogP contribution is -2.30. The molecule has 1 atom stereocenters. The third-order valence-electron chi connectivity index (χ3n) is 3.28. The minimum atomic E-state index is 0.208. The summed E-state index contributed by atoms with van der Waals surface area (Å²) in [6.07, 6.45) is 1.05. The van der Waals surface area contributed by atoms with Crippen molar-refractivity contribution in [2.24, 2.45) is 0 Å². The van der Waals surface area contributed by atoms with Crippen molar-refractivity contribution < 1.29 is 4.79 Å². The molecule has 0 bridgehead atoms. The highest BCUT2D eigenvalue weighted by Gasteiger charge is 2.36. The van der Waals surface area contributed by atoms with Crippen LogP contribution in [0.2, 0.25) is 0 Å². The van der Waals surface area contributed by atoms with Crippen LogP contribution in [0.4, 0.5) is 0 Å². The highest BCUT2D eigenvalue weighted by molar-refractivity contribution is 5.99. The van der Waals surface area contributed by atoms with Crippen molar-refractivity contribution in [3.05, 3.63) is 35.4 Å². The summed E-state index contributed by atoms with van der Waals surface area (Å²) in [6, 6.07) is 8.23. The first-order valence-corrected chi connectivity index (χ1v) is 5.48. The number of fused-ring (bicyclic) bond motifs is 3. The van der Waals surface area contributed by atoms with E-state index in [0.29, 0.717) is 0 Å². The molecule has 1 saturated heterocycles. The highest BCUT2D eigenvalue weighted by atomic mass is 16.2. The molecule has 0 radical (unpaired) electrons. The maximum absolute atomic E-state index is 12.1. The highest BCUT2D eigenvalue weighted by Crippen LogP contribution is 2.33. The number of amides is 1. The van der Waals surface area contributed by atoms with Gasteiger partial charge in [0.05, 0.1) is 6.04 Å². The molecular formula is C12H14N2O. The predicted molar refractivity (Wildman–Crippen MR) is 57.7 cm³/mol. The Bertz CT molecular complexity index is 402. The molecule has 3 nitrogen and oxygen atoms in total. The largest absolute Gasteiger partial charge is 0.330 e. The lowest BCUT2D eigenvalue weighted by atomic mass is 10.1. The molecule has 78 valence electrons. The average Bonchev–Trinajstić information content (AvgIpc) is 2.48. The first kappa shape index (κ1) is 8.92. The molecule has 0 aromatic heterocycles. The molecule has 1 unspecified atom stereocenters. The quantitative estimate of drug-likeness (QED) is 0.685. The Kier molecular flexibility index (Phi) is 1.99. The van der Waals surface area contributed by atoms with Crippen molar-refractivity contribution in [3.8, 4) is 0 Å². The second-order valence-electron chi connectivity index (χ2n) is 4.16. The van der Waals surface area contributed by atoms with Crippen molar-refractivity contribution >= 4 is 5.91 Å². The normalized spacial score (nSPS) is 24.7. The van der Waals surface area contributed by atoms with Crippen molar-refractivity contribution in [1.82, 2.24) is 10.2 Å². The molecule has 2 aliphatic heterocycles. The van der Waals surface area contributed by atoms with Gasteiger partial charge < -0.3 is 10.2 Å². The summed E-state index contributed by atoms with van der Waals surface area (Å²) < 4.78 is 0. The summed E-state index contributed by atoms with van der Waals surface area (Å²) in [7, 11) is 0. The first-order valence-electron chi connectivity index (χ1n) is 5.48. The topological polar surface area (TPSA) is 32.3 Å². The molecule has 1 aromatic carbocycles. The summed E-state index contributed by atoms with van der Waals surface area (Å²) >= 11 is 0. The third kappa shape index (κ3) is 1.27. The zero-order valence-electron chi connectivity index (χ0n) is 8.57. The van der Waals surface area contributed by atoms with Crippen molar-refractivity contribution in [2.45, 2.75) is 12.5 Å². The van der Waals surface area contributed by atoms with Crippen LogP contribution in [0.3, 0.4) is 0 Å². The van der Waals surface area contributed by atoms with Gasteiger partial charge in [-0.3, -0.25) is 4.79 Å². The zero-order chi connectivity index (χ0) is 10.3. The van der Waals surface area contributed by atoms with Crippen LogP contribution in [0, 0.1) is 0 Å². The molecule has 3 heteroatoms. The fourth-order valence-electron chi connectivity index (χ4n) is 2.54. The molecule has 1 aromatic rings. The average molecular weight is 202 g/mol. The second kappa shape index (κ2) is 3.35. The van der Waals surface area contributed by atoms with Crippen LogP contribution >= 0.6 is 0 Å². The van der Waals surface area contributed by atoms with Crippen LogP contribution in [0.15, 0.2) is 24.3 Å². The van der Waals surface area contributed by atoms with Crippen LogP contribution in [0.1, 0.15) is 28.4 Å². The Morgan fingerprint density at radius 1 is 1.33 bits per heavy atom. The van der Waals surface area contributed by atoms with E-state index in [1.807, 2.05) is 23.1 Å². The summed E-state index contributed by atoms with van der Waals surface area (Å²) in [5, 5.41) is 3.39. The Labute approximate surface area is 89.1 Å². The fraction of sp³-hybridized carbons (Fsp3) is 0.417. The molecule has 3 rings (SSSR count). The lowest BCUT2D eigenvalue weighted by Gasteiger charge is -2.21. The third-order valence-corrected chi connectivity index (χ3v) is 3.28. The fourth-order valence-corrected chi connectivity index (χ4v) is 2.54. The number of hydrogen-bond donors (Lipinski definition) is 1. The molecule has 2 aliphatic rings. The Morgan fingerprint density at radius 2 is 2.20 bits per heavy atom. The Balaban J connectivity index is 2.06. The van der Waals surface area contributed by atoms with Crippen LogP contribution in [-0.2, 0) is 0 Å². The summed E-state index contributed by atoms with van der Waals surface area (Å²) in [4.78, 5) is 14.1. The van der Waals surface area contributed by atoms with E-state index in [0.717, 1.165) is 31.6 Å². The Hall–Kier alpha value is -1.35. The molecule has 0 saturated carbocycles. The van der Waals surface area contributed by atoms with E-state index >= 15 is 0 Å². The van der Waals surface area contributed by atoms with Gasteiger partial charge >= 0.3 is 0 Å². The molecule has 1 fully saturated rings. The lowest BCUT2D eigenvalue weighted by molar-refractivity contribution is 0.0739. The predicted octanol–water partition coefficient (Wildman–Crippen LogP) is 1.18. The summed E-state index contributed by atoms with van der Waals surface area (Å²) in [5.41, 5.74) is 2.09. The standard InChI is InChI=1S/C12H14N2O/c15-12-10-5-2-1-4-9(10)11-8-13-6-3-7-14(11)12/h1-2,4-5,11,13H,3,6-8H2. The van der Waals surface area contributed by atoms with Gasteiger partial charge in [0.25, 0.3) is 5.91 Å². The van der Waals surface area contributed by atoms with Gasteiger partial charge in [-0.05, 0) is 24.6 Å². The second-order valence-corrected chi connectivity index (χ2v) is 4.16. The minimum Gasteiger partial charge on any atom is -0.330 e. The number of nitrogens with zero attached hydrogens (tertiary/aromatic N) is 1. The monoisotopic (exact) mass is 202 g/mol. The van der Waals surface area contributed by atoms with Gasteiger partial charge in [-0.2, -0.15) is 0 Å². The van der Waals surface area contributed by atoms with Crippen molar-refractivity contribution in [2.75, 3.05) is 19.6 Å². The van der Waals surface area contributed by atoms with Gasteiger partial charge in [0, 0.05) is 18.7 Å². The van der Waals surface area contributed by atoms with Crippen LogP contribution in [0.5, 0.6) is 0 Å². The molecule has 15 heavy (non-hydrogen) atoms. The van der Waals surface area contributed by atoms with Crippen LogP contribution < -0.4 is 5.32 Å². The van der Waals surface area contributed by atoms with E-state index in [9.17, 15) is 4.79 Å². The van der Waals surface area contributed by atoms with Crippen molar-refractivity contribution in [3.63, 3.8) is 0 Å². The van der Waals surface area contributed by atoms with Crippen molar-refractivity contribution in [1.29, 1.82) is 0 Å². The smallest absolute Gasteiger partial charge is 0.254 e. The van der Waals surface area contributed by atoms with E-state index < -0.39 is 0 Å². The van der Waals surface area contributed by atoms with Gasteiger partial charge in [0.2, 0.25) is 0 Å². The number of benzene rings is 1. The van der Waals surface area contributed by atoms with Gasteiger partial charge in [0.15, 0.2) is 0 Å². The van der Waals surface area contributed by atoms with E-state index in [2.05, 4.69) is 11.4 Å².